The molecule has 0 N–H and O–H groups in total. The Morgan fingerprint density at radius 2 is 1.80 bits per heavy atom. The van der Waals surface area contributed by atoms with E-state index in [4.69, 9.17) is 0 Å². The topological polar surface area (TPSA) is 66.2 Å². The van der Waals surface area contributed by atoms with Crippen LogP contribution in [0.25, 0.3) is 16.9 Å². The average molecular weight is 345 g/mol. The summed E-state index contributed by atoms with van der Waals surface area (Å²) < 4.78 is 6.92. The molecule has 0 saturated carbocycles. The first-order chi connectivity index (χ1) is 11.8. The molecule has 3 aromatic rings. The van der Waals surface area contributed by atoms with Gasteiger partial charge in [-0.3, -0.25) is 18.3 Å². The van der Waals surface area contributed by atoms with Gasteiger partial charge >= 0.3 is 5.69 Å². The van der Waals surface area contributed by atoms with Gasteiger partial charge < -0.3 is 4.57 Å². The van der Waals surface area contributed by atoms with Gasteiger partial charge in [-0.25, -0.2) is 4.79 Å². The van der Waals surface area contributed by atoms with E-state index >= 15 is 0 Å². The molecule has 7 nitrogen and oxygen atoms in total. The Hall–Kier alpha value is -2.31. The summed E-state index contributed by atoms with van der Waals surface area (Å²) >= 11 is 0. The summed E-state index contributed by atoms with van der Waals surface area (Å²) in [5.74, 6) is 0.736. The highest BCUT2D eigenvalue weighted by Gasteiger charge is 2.23. The lowest BCUT2D eigenvalue weighted by atomic mass is 10.2. The SMILES string of the molecule is CCCCn1c(=O)c2c(nc3n([C@H](C)CC)c(C)c(C)n23)n(C)c1=O. The molecule has 3 aromatic heterocycles. The maximum Gasteiger partial charge on any atom is 0.332 e. The van der Waals surface area contributed by atoms with Crippen LogP contribution in [-0.4, -0.2) is 23.1 Å². The summed E-state index contributed by atoms with van der Waals surface area (Å²) in [7, 11) is 1.69. The van der Waals surface area contributed by atoms with Gasteiger partial charge in [0.25, 0.3) is 5.56 Å². The number of hydrogen-bond acceptors (Lipinski definition) is 3. The minimum absolute atomic E-state index is 0.247. The molecule has 0 fully saturated rings. The molecule has 25 heavy (non-hydrogen) atoms. The van der Waals surface area contributed by atoms with Crippen LogP contribution in [0, 0.1) is 13.8 Å². The van der Waals surface area contributed by atoms with Crippen molar-refractivity contribution in [1.29, 1.82) is 0 Å². The second kappa shape index (κ2) is 6.20. The van der Waals surface area contributed by atoms with Crippen LogP contribution in [-0.2, 0) is 13.6 Å². The van der Waals surface area contributed by atoms with Crippen LogP contribution in [0.15, 0.2) is 9.59 Å². The molecule has 136 valence electrons. The number of nitrogens with zero attached hydrogens (tertiary/aromatic N) is 5. The van der Waals surface area contributed by atoms with Crippen molar-refractivity contribution < 1.29 is 0 Å². The first kappa shape index (κ1) is 17.5. The number of rotatable bonds is 5. The largest absolute Gasteiger partial charge is 0.332 e. The lowest BCUT2D eigenvalue weighted by Gasteiger charge is -2.13. The molecule has 0 amide bonds. The quantitative estimate of drug-likeness (QED) is 0.714. The van der Waals surface area contributed by atoms with Crippen molar-refractivity contribution in [1.82, 2.24) is 23.1 Å². The van der Waals surface area contributed by atoms with Gasteiger partial charge in [0, 0.05) is 31.0 Å². The predicted octanol–water partition coefficient (Wildman–Crippen LogP) is 2.54. The first-order valence-electron chi connectivity index (χ1n) is 9.04. The zero-order valence-electron chi connectivity index (χ0n) is 16.0. The van der Waals surface area contributed by atoms with Crippen molar-refractivity contribution in [2.45, 2.75) is 66.5 Å². The molecule has 0 radical (unpaired) electrons. The standard InChI is InChI=1S/C18H27N5O2/c1-7-9-10-21-16(24)14-15(20(6)18(21)25)19-17-22(11(3)8-2)12(4)13(5)23(14)17/h11H,7-10H2,1-6H3/t11-/m1/s1. The van der Waals surface area contributed by atoms with E-state index in [2.05, 4.69) is 30.3 Å². The molecule has 0 aliphatic carbocycles. The lowest BCUT2D eigenvalue weighted by Crippen LogP contribution is -2.39. The Kier molecular flexibility index (Phi) is 4.34. The van der Waals surface area contributed by atoms with E-state index < -0.39 is 0 Å². The van der Waals surface area contributed by atoms with E-state index in [1.165, 1.54) is 9.13 Å². The van der Waals surface area contributed by atoms with Crippen molar-refractivity contribution in [3.8, 4) is 0 Å². The molecule has 0 aliphatic rings. The summed E-state index contributed by atoms with van der Waals surface area (Å²) in [6.45, 7) is 10.8. The minimum atomic E-state index is -0.295. The van der Waals surface area contributed by atoms with Crippen LogP contribution in [0.5, 0.6) is 0 Å². The predicted molar refractivity (Wildman–Crippen MR) is 99.6 cm³/mol. The number of fused-ring (bicyclic) bond motifs is 3. The monoisotopic (exact) mass is 345 g/mol. The van der Waals surface area contributed by atoms with E-state index in [0.717, 1.165) is 36.4 Å². The fourth-order valence-electron chi connectivity index (χ4n) is 3.50. The second-order valence-electron chi connectivity index (χ2n) is 6.87. The molecular weight excluding hydrogens is 318 g/mol. The molecule has 7 heteroatoms. The molecule has 0 aliphatic heterocycles. The molecule has 0 aromatic carbocycles. The summed E-state index contributed by atoms with van der Waals surface area (Å²) in [6.07, 6.45) is 2.69. The Balaban J connectivity index is 2.49. The third kappa shape index (κ3) is 2.36. The normalized spacial score (nSPS) is 13.2. The summed E-state index contributed by atoms with van der Waals surface area (Å²) in [5.41, 5.74) is 2.51. The van der Waals surface area contributed by atoms with Gasteiger partial charge in [-0.2, -0.15) is 4.98 Å². The highest BCUT2D eigenvalue weighted by Crippen LogP contribution is 2.25. The van der Waals surface area contributed by atoms with Crippen molar-refractivity contribution in [2.24, 2.45) is 7.05 Å². The van der Waals surface area contributed by atoms with Crippen molar-refractivity contribution >= 4 is 16.9 Å². The minimum Gasteiger partial charge on any atom is -0.311 e. The molecule has 0 saturated heterocycles. The Morgan fingerprint density at radius 3 is 2.40 bits per heavy atom. The zero-order chi connectivity index (χ0) is 18.5. The van der Waals surface area contributed by atoms with Gasteiger partial charge in [0.1, 0.15) is 0 Å². The zero-order valence-corrected chi connectivity index (χ0v) is 16.0. The number of unbranched alkanes of at least 4 members (excludes halogenated alkanes) is 1. The van der Waals surface area contributed by atoms with Gasteiger partial charge in [-0.05, 0) is 33.6 Å². The lowest BCUT2D eigenvalue weighted by molar-refractivity contribution is 0.532. The molecule has 3 heterocycles. The molecule has 0 bridgehead atoms. The molecular formula is C18H27N5O2. The summed E-state index contributed by atoms with van der Waals surface area (Å²) in [4.78, 5) is 30.4. The van der Waals surface area contributed by atoms with Crippen LogP contribution in [0.2, 0.25) is 0 Å². The number of aromatic nitrogens is 5. The van der Waals surface area contributed by atoms with Crippen molar-refractivity contribution in [3.05, 3.63) is 32.2 Å². The summed E-state index contributed by atoms with van der Waals surface area (Å²) in [6, 6.07) is 0.271. The van der Waals surface area contributed by atoms with E-state index in [1.54, 1.807) is 7.05 Å². The summed E-state index contributed by atoms with van der Waals surface area (Å²) in [5, 5.41) is 0. The Labute approximate surface area is 146 Å². The first-order valence-corrected chi connectivity index (χ1v) is 9.04. The smallest absolute Gasteiger partial charge is 0.311 e. The van der Waals surface area contributed by atoms with Crippen LogP contribution < -0.4 is 11.2 Å². The van der Waals surface area contributed by atoms with Crippen LogP contribution in [0.3, 0.4) is 0 Å². The highest BCUT2D eigenvalue weighted by molar-refractivity contribution is 5.76. The molecule has 0 spiro atoms. The fraction of sp³-hybridized carbons (Fsp3) is 0.611. The maximum absolute atomic E-state index is 13.1. The van der Waals surface area contributed by atoms with Crippen LogP contribution in [0.4, 0.5) is 0 Å². The van der Waals surface area contributed by atoms with E-state index in [1.807, 2.05) is 18.2 Å². The van der Waals surface area contributed by atoms with E-state index in [0.29, 0.717) is 17.7 Å². The Morgan fingerprint density at radius 1 is 1.12 bits per heavy atom. The molecule has 1 atom stereocenters. The molecule has 0 unspecified atom stereocenters. The van der Waals surface area contributed by atoms with Gasteiger partial charge in [-0.15, -0.1) is 0 Å². The van der Waals surface area contributed by atoms with E-state index in [9.17, 15) is 9.59 Å². The number of aryl methyl sites for hydroxylation is 2. The van der Waals surface area contributed by atoms with E-state index in [-0.39, 0.29) is 17.3 Å². The van der Waals surface area contributed by atoms with Gasteiger partial charge in [-0.1, -0.05) is 20.3 Å². The second-order valence-corrected chi connectivity index (χ2v) is 6.87. The van der Waals surface area contributed by atoms with Crippen molar-refractivity contribution in [2.75, 3.05) is 0 Å². The van der Waals surface area contributed by atoms with Gasteiger partial charge in [0.15, 0.2) is 11.2 Å². The van der Waals surface area contributed by atoms with Gasteiger partial charge in [0.05, 0.1) is 0 Å². The molecule has 3 rings (SSSR count). The third-order valence-electron chi connectivity index (χ3n) is 5.33. The van der Waals surface area contributed by atoms with Crippen molar-refractivity contribution in [3.63, 3.8) is 0 Å². The third-order valence-corrected chi connectivity index (χ3v) is 5.33. The van der Waals surface area contributed by atoms with Crippen LogP contribution >= 0.6 is 0 Å². The number of hydrogen-bond donors (Lipinski definition) is 0. The van der Waals surface area contributed by atoms with Gasteiger partial charge in [0.2, 0.25) is 5.78 Å². The van der Waals surface area contributed by atoms with Crippen LogP contribution in [0.1, 0.15) is 57.5 Å². The fourth-order valence-corrected chi connectivity index (χ4v) is 3.50. The average Bonchev–Trinajstić information content (AvgIpc) is 3.09. The maximum atomic E-state index is 13.1. The number of imidazole rings is 2. The Bertz CT molecular complexity index is 1060. The highest BCUT2D eigenvalue weighted by atomic mass is 16.2.